The molecule has 0 spiro atoms. The maximum absolute atomic E-state index is 12.2. The van der Waals surface area contributed by atoms with Crippen molar-refractivity contribution in [2.75, 3.05) is 17.7 Å². The summed E-state index contributed by atoms with van der Waals surface area (Å²) in [5.41, 5.74) is 8.25. The van der Waals surface area contributed by atoms with Crippen LogP contribution in [0.2, 0.25) is 0 Å². The van der Waals surface area contributed by atoms with Gasteiger partial charge >= 0.3 is 0 Å². The second kappa shape index (κ2) is 9.86. The molecule has 4 aliphatic carbocycles. The summed E-state index contributed by atoms with van der Waals surface area (Å²) in [4.78, 5) is 25.5. The van der Waals surface area contributed by atoms with E-state index in [9.17, 15) is 4.79 Å². The summed E-state index contributed by atoms with van der Waals surface area (Å²) in [7, 11) is 3.36. The van der Waals surface area contributed by atoms with Crippen LogP contribution >= 0.6 is 0 Å². The lowest BCUT2D eigenvalue weighted by molar-refractivity contribution is -0.0635. The van der Waals surface area contributed by atoms with Crippen molar-refractivity contribution in [2.45, 2.75) is 45.1 Å². The Hall–Kier alpha value is -4.48. The van der Waals surface area contributed by atoms with Crippen LogP contribution in [0.4, 0.5) is 23.1 Å². The second-order valence-corrected chi connectivity index (χ2v) is 12.0. The average Bonchev–Trinajstić information content (AvgIpc) is 3.55. The molecule has 4 aliphatic rings. The molecule has 8 rings (SSSR count). The van der Waals surface area contributed by atoms with E-state index < -0.39 is 5.91 Å². The van der Waals surface area contributed by atoms with Crippen molar-refractivity contribution in [2.24, 2.45) is 36.0 Å². The summed E-state index contributed by atoms with van der Waals surface area (Å²) in [5.74, 6) is 3.63. The van der Waals surface area contributed by atoms with E-state index in [4.69, 9.17) is 10.5 Å². The van der Waals surface area contributed by atoms with Gasteiger partial charge in [-0.05, 0) is 73.8 Å². The zero-order valence-electron chi connectivity index (χ0n) is 23.2. The molecule has 4 aromatic rings. The van der Waals surface area contributed by atoms with Gasteiger partial charge < -0.3 is 21.1 Å². The standard InChI is InChI=1S/C29H34N10O2/c1-38-16-32-26(37-38)21-4-3-5-23(24(21)41-2)35-27-22(25(30)40)13-31-28(36-27)34-20-12-33-39(14-20)15-29-9-17-6-18(10-29)8-19(7-17)11-29/h3-5,12-14,16-19H,6-11,15H2,1-2H3,(H2,30,40)(H2,31,34,35,36). The van der Waals surface area contributed by atoms with Crippen LogP contribution in [0.3, 0.4) is 0 Å². The number of amides is 1. The van der Waals surface area contributed by atoms with Crippen LogP contribution in [-0.2, 0) is 13.6 Å². The van der Waals surface area contributed by atoms with Crippen molar-refractivity contribution in [1.29, 1.82) is 0 Å². The monoisotopic (exact) mass is 554 g/mol. The number of hydrogen-bond donors (Lipinski definition) is 3. The fraction of sp³-hybridized carbons (Fsp3) is 0.448. The Labute approximate surface area is 237 Å². The van der Waals surface area contributed by atoms with Gasteiger partial charge in [0, 0.05) is 26.0 Å². The number of rotatable bonds is 9. The minimum Gasteiger partial charge on any atom is -0.494 e. The average molecular weight is 555 g/mol. The van der Waals surface area contributed by atoms with E-state index in [1.54, 1.807) is 31.4 Å². The maximum Gasteiger partial charge on any atom is 0.254 e. The van der Waals surface area contributed by atoms with Crippen LogP contribution in [0.5, 0.6) is 5.75 Å². The molecule has 4 N–H and O–H groups in total. The summed E-state index contributed by atoms with van der Waals surface area (Å²) in [6, 6.07) is 5.53. The zero-order valence-corrected chi connectivity index (χ0v) is 23.2. The predicted octanol–water partition coefficient (Wildman–Crippen LogP) is 4.28. The van der Waals surface area contributed by atoms with Crippen molar-refractivity contribution in [3.05, 3.63) is 48.7 Å². The Bertz CT molecular complexity index is 1570. The molecule has 0 aliphatic heterocycles. The number of carbonyl (C=O) groups is 1. The summed E-state index contributed by atoms with van der Waals surface area (Å²) < 4.78 is 9.39. The van der Waals surface area contributed by atoms with Crippen molar-refractivity contribution < 1.29 is 9.53 Å². The number of benzene rings is 1. The first-order valence-corrected chi connectivity index (χ1v) is 14.1. The van der Waals surface area contributed by atoms with E-state index in [1.165, 1.54) is 44.7 Å². The highest BCUT2D eigenvalue weighted by Crippen LogP contribution is 2.60. The number of aromatic nitrogens is 7. The molecule has 212 valence electrons. The Morgan fingerprint density at radius 1 is 1.10 bits per heavy atom. The second-order valence-electron chi connectivity index (χ2n) is 12.0. The quantitative estimate of drug-likeness (QED) is 0.275. The van der Waals surface area contributed by atoms with Gasteiger partial charge in [-0.15, -0.1) is 0 Å². The molecule has 0 saturated heterocycles. The van der Waals surface area contributed by atoms with Gasteiger partial charge in [0.1, 0.15) is 17.7 Å². The van der Waals surface area contributed by atoms with Gasteiger partial charge in [-0.3, -0.25) is 14.2 Å². The number of nitrogens with zero attached hydrogens (tertiary/aromatic N) is 7. The lowest BCUT2D eigenvalue weighted by Crippen LogP contribution is -2.47. The van der Waals surface area contributed by atoms with Crippen LogP contribution in [-0.4, -0.2) is 47.5 Å². The van der Waals surface area contributed by atoms with E-state index in [1.807, 2.05) is 24.4 Å². The molecule has 12 heteroatoms. The number of ether oxygens (including phenoxy) is 1. The van der Waals surface area contributed by atoms with Gasteiger partial charge in [-0.1, -0.05) is 6.07 Å². The third-order valence-electron chi connectivity index (χ3n) is 8.92. The molecule has 0 unspecified atom stereocenters. The first-order chi connectivity index (χ1) is 19.9. The Balaban J connectivity index is 1.12. The van der Waals surface area contributed by atoms with Crippen LogP contribution in [0.1, 0.15) is 48.9 Å². The number of methoxy groups -OCH3 is 1. The van der Waals surface area contributed by atoms with Gasteiger partial charge in [-0.25, -0.2) is 9.97 Å². The van der Waals surface area contributed by atoms with Crippen molar-refractivity contribution >= 4 is 29.0 Å². The Morgan fingerprint density at radius 3 is 2.51 bits per heavy atom. The number of hydrogen-bond acceptors (Lipinski definition) is 9. The number of para-hydroxylation sites is 1. The van der Waals surface area contributed by atoms with Crippen LogP contribution < -0.4 is 21.1 Å². The van der Waals surface area contributed by atoms with Gasteiger partial charge in [0.25, 0.3) is 5.91 Å². The van der Waals surface area contributed by atoms with E-state index in [0.29, 0.717) is 34.2 Å². The normalized spacial score (nSPS) is 24.4. The highest BCUT2D eigenvalue weighted by molar-refractivity contribution is 5.98. The molecule has 0 atom stereocenters. The minimum absolute atomic E-state index is 0.150. The molecule has 4 saturated carbocycles. The topological polar surface area (TPSA) is 151 Å². The zero-order chi connectivity index (χ0) is 28.1. The molecular formula is C29H34N10O2. The smallest absolute Gasteiger partial charge is 0.254 e. The fourth-order valence-electron chi connectivity index (χ4n) is 7.81. The van der Waals surface area contributed by atoms with E-state index >= 15 is 0 Å². The lowest BCUT2D eigenvalue weighted by Gasteiger charge is -2.56. The first-order valence-electron chi connectivity index (χ1n) is 14.1. The molecule has 3 heterocycles. The molecule has 1 aromatic carbocycles. The predicted molar refractivity (Wildman–Crippen MR) is 153 cm³/mol. The summed E-state index contributed by atoms with van der Waals surface area (Å²) in [6.45, 7) is 0.952. The van der Waals surface area contributed by atoms with Crippen LogP contribution in [0.25, 0.3) is 11.4 Å². The highest BCUT2D eigenvalue weighted by Gasteiger charge is 2.51. The molecular weight excluding hydrogens is 520 g/mol. The van der Waals surface area contributed by atoms with Crippen molar-refractivity contribution in [3.8, 4) is 17.1 Å². The van der Waals surface area contributed by atoms with E-state index in [0.717, 1.165) is 30.0 Å². The molecule has 12 nitrogen and oxygen atoms in total. The number of primary amides is 1. The molecule has 4 bridgehead atoms. The van der Waals surface area contributed by atoms with Crippen LogP contribution in [0.15, 0.2) is 43.1 Å². The lowest BCUT2D eigenvalue weighted by atomic mass is 9.49. The molecule has 0 radical (unpaired) electrons. The number of nitrogens with one attached hydrogen (secondary N) is 2. The summed E-state index contributed by atoms with van der Waals surface area (Å²) in [6.07, 6.45) is 15.1. The molecule has 1 amide bonds. The van der Waals surface area contributed by atoms with Crippen molar-refractivity contribution in [1.82, 2.24) is 34.5 Å². The molecule has 3 aromatic heterocycles. The van der Waals surface area contributed by atoms with Gasteiger partial charge in [0.15, 0.2) is 11.6 Å². The van der Waals surface area contributed by atoms with Crippen LogP contribution in [0, 0.1) is 23.2 Å². The van der Waals surface area contributed by atoms with Crippen molar-refractivity contribution in [3.63, 3.8) is 0 Å². The molecule has 4 fully saturated rings. The van der Waals surface area contributed by atoms with Gasteiger partial charge in [0.2, 0.25) is 5.95 Å². The fourth-order valence-corrected chi connectivity index (χ4v) is 7.81. The third-order valence-corrected chi connectivity index (χ3v) is 8.92. The van der Waals surface area contributed by atoms with Gasteiger partial charge in [-0.2, -0.15) is 15.2 Å². The SMILES string of the molecule is COc1c(Nc2nc(Nc3cnn(CC45CC6CC(CC(C6)C4)C5)c3)ncc2C(N)=O)cccc1-c1ncn(C)n1. The number of nitrogens with two attached hydrogens (primary N) is 1. The van der Waals surface area contributed by atoms with E-state index in [2.05, 4.69) is 40.5 Å². The number of anilines is 4. The highest BCUT2D eigenvalue weighted by atomic mass is 16.5. The Kier molecular flexibility index (Phi) is 6.13. The molecule has 41 heavy (non-hydrogen) atoms. The Morgan fingerprint density at radius 2 is 1.85 bits per heavy atom. The largest absolute Gasteiger partial charge is 0.494 e. The van der Waals surface area contributed by atoms with Gasteiger partial charge in [0.05, 0.1) is 30.2 Å². The minimum atomic E-state index is -0.649. The number of aryl methyl sites for hydroxylation is 1. The number of carbonyl (C=O) groups excluding carboxylic acids is 1. The third kappa shape index (κ3) is 4.87. The first kappa shape index (κ1) is 25.5. The summed E-state index contributed by atoms with van der Waals surface area (Å²) in [5, 5.41) is 15.5. The summed E-state index contributed by atoms with van der Waals surface area (Å²) >= 11 is 0. The maximum atomic E-state index is 12.2. The van der Waals surface area contributed by atoms with E-state index in [-0.39, 0.29) is 11.4 Å².